The van der Waals surface area contributed by atoms with Gasteiger partial charge in [0.15, 0.2) is 5.62 Å². The molecule has 0 spiro atoms. The van der Waals surface area contributed by atoms with Gasteiger partial charge in [-0.15, -0.1) is 0 Å². The van der Waals surface area contributed by atoms with E-state index in [1.807, 2.05) is 0 Å². The van der Waals surface area contributed by atoms with Gasteiger partial charge in [0.05, 0.1) is 0 Å². The van der Waals surface area contributed by atoms with Crippen molar-refractivity contribution in [3.05, 3.63) is 12.4 Å². The lowest BCUT2D eigenvalue weighted by molar-refractivity contribution is 0.226. The normalized spacial score (nSPS) is 17.9. The molecule has 0 aromatic rings. The topological polar surface area (TPSA) is 6.48 Å². The first-order chi connectivity index (χ1) is 5.79. The zero-order chi connectivity index (χ0) is 8.97. The molecule has 0 saturated carbocycles. The van der Waals surface area contributed by atoms with Crippen LogP contribution in [0.3, 0.4) is 0 Å². The molecule has 1 aliphatic rings. The minimum atomic E-state index is 0.0462. The van der Waals surface area contributed by atoms with Crippen molar-refractivity contribution in [1.82, 2.24) is 9.80 Å². The molecule has 0 amide bonds. The molecule has 0 aromatic heterocycles. The van der Waals surface area contributed by atoms with Gasteiger partial charge < -0.3 is 9.80 Å². The minimum absolute atomic E-state index is 0.0462. The molecule has 12 heavy (non-hydrogen) atoms. The van der Waals surface area contributed by atoms with E-state index in [0.717, 1.165) is 25.9 Å². The average Bonchev–Trinajstić information content (AvgIpc) is 2.38. The van der Waals surface area contributed by atoms with E-state index in [1.54, 1.807) is 0 Å². The zero-order valence-corrected chi connectivity index (χ0v) is 8.59. The van der Waals surface area contributed by atoms with Crippen molar-refractivity contribution in [2.24, 2.45) is 0 Å². The van der Waals surface area contributed by atoms with Crippen molar-refractivity contribution in [2.45, 2.75) is 32.3 Å². The molecule has 1 heterocycles. The molecule has 0 bridgehead atoms. The van der Waals surface area contributed by atoms with Gasteiger partial charge in [0.25, 0.3) is 0 Å². The van der Waals surface area contributed by atoms with E-state index >= 15 is 0 Å². The van der Waals surface area contributed by atoms with Crippen LogP contribution >= 0.6 is 11.6 Å². The molecular weight excluding hydrogens is 172 g/mol. The number of hydrogen-bond acceptors (Lipinski definition) is 2. The lowest BCUT2D eigenvalue weighted by Gasteiger charge is -2.26. The van der Waals surface area contributed by atoms with Crippen LogP contribution in [0.4, 0.5) is 0 Å². The van der Waals surface area contributed by atoms with E-state index in [1.165, 1.54) is 0 Å². The van der Waals surface area contributed by atoms with E-state index < -0.39 is 0 Å². The Hall–Kier alpha value is -0.370. The van der Waals surface area contributed by atoms with Crippen LogP contribution in [0.2, 0.25) is 0 Å². The van der Waals surface area contributed by atoms with Gasteiger partial charge in [-0.3, -0.25) is 0 Å². The lowest BCUT2D eigenvalue weighted by Crippen LogP contribution is -2.34. The summed E-state index contributed by atoms with van der Waals surface area (Å²) in [6, 6.07) is 0. The third kappa shape index (κ3) is 2.07. The summed E-state index contributed by atoms with van der Waals surface area (Å²) in [5.41, 5.74) is 0.0462. The largest absolute Gasteiger partial charge is 0.344 e. The molecule has 0 unspecified atom stereocenters. The molecule has 0 aliphatic carbocycles. The Balaban J connectivity index is 2.38. The maximum absolute atomic E-state index is 6.19. The number of alkyl halides is 1. The molecule has 0 radical (unpaired) electrons. The van der Waals surface area contributed by atoms with Crippen molar-refractivity contribution in [3.63, 3.8) is 0 Å². The van der Waals surface area contributed by atoms with Crippen LogP contribution in [0, 0.1) is 0 Å². The first kappa shape index (κ1) is 9.72. The Labute approximate surface area is 79.8 Å². The van der Waals surface area contributed by atoms with Gasteiger partial charge in [-0.25, -0.2) is 0 Å². The summed E-state index contributed by atoms with van der Waals surface area (Å²) in [5.74, 6) is 0. The summed E-state index contributed by atoms with van der Waals surface area (Å²) in [6.07, 6.45) is 6.45. The van der Waals surface area contributed by atoms with Crippen molar-refractivity contribution < 1.29 is 0 Å². The second kappa shape index (κ2) is 4.61. The molecule has 0 fully saturated rings. The van der Waals surface area contributed by atoms with Crippen molar-refractivity contribution >= 4 is 11.6 Å². The van der Waals surface area contributed by atoms with Crippen LogP contribution in [0.1, 0.15) is 26.7 Å². The Morgan fingerprint density at radius 1 is 1.08 bits per heavy atom. The zero-order valence-electron chi connectivity index (χ0n) is 7.83. The van der Waals surface area contributed by atoms with Gasteiger partial charge in [0.1, 0.15) is 0 Å². The van der Waals surface area contributed by atoms with Crippen LogP contribution in [0.5, 0.6) is 0 Å². The lowest BCUT2D eigenvalue weighted by atomic mass is 10.4. The molecule has 1 aliphatic heterocycles. The van der Waals surface area contributed by atoms with Crippen LogP contribution in [-0.4, -0.2) is 28.5 Å². The summed E-state index contributed by atoms with van der Waals surface area (Å²) in [7, 11) is 0. The molecule has 2 nitrogen and oxygen atoms in total. The fraction of sp³-hybridized carbons (Fsp3) is 0.778. The first-order valence-electron chi connectivity index (χ1n) is 4.63. The fourth-order valence-electron chi connectivity index (χ4n) is 1.38. The Morgan fingerprint density at radius 2 is 1.50 bits per heavy atom. The number of hydrogen-bond donors (Lipinski definition) is 0. The van der Waals surface area contributed by atoms with Crippen molar-refractivity contribution in [2.75, 3.05) is 13.1 Å². The quantitative estimate of drug-likeness (QED) is 0.494. The molecule has 1 rings (SSSR count). The summed E-state index contributed by atoms with van der Waals surface area (Å²) in [4.78, 5) is 4.33. The standard InChI is InChI=1S/C9H17ClN2/c1-3-5-11-7-8-12(6-4-2)9(11)10/h7-9H,3-6H2,1-2H3. The second-order valence-electron chi connectivity index (χ2n) is 3.08. The van der Waals surface area contributed by atoms with E-state index in [2.05, 4.69) is 36.0 Å². The molecule has 0 atom stereocenters. The second-order valence-corrected chi connectivity index (χ2v) is 3.47. The van der Waals surface area contributed by atoms with Crippen LogP contribution in [0.25, 0.3) is 0 Å². The Bertz CT molecular complexity index is 143. The van der Waals surface area contributed by atoms with Gasteiger partial charge in [0.2, 0.25) is 0 Å². The maximum Gasteiger partial charge on any atom is 0.179 e. The van der Waals surface area contributed by atoms with Crippen molar-refractivity contribution in [3.8, 4) is 0 Å². The van der Waals surface area contributed by atoms with Crippen LogP contribution in [0.15, 0.2) is 12.4 Å². The molecular formula is C9H17ClN2. The van der Waals surface area contributed by atoms with Crippen LogP contribution < -0.4 is 0 Å². The number of nitrogens with zero attached hydrogens (tertiary/aromatic N) is 2. The Morgan fingerprint density at radius 3 is 1.83 bits per heavy atom. The summed E-state index contributed by atoms with van der Waals surface area (Å²) in [6.45, 7) is 6.43. The van der Waals surface area contributed by atoms with Crippen LogP contribution in [-0.2, 0) is 0 Å². The van der Waals surface area contributed by atoms with Gasteiger partial charge in [-0.05, 0) is 12.8 Å². The van der Waals surface area contributed by atoms with E-state index in [4.69, 9.17) is 11.6 Å². The summed E-state index contributed by atoms with van der Waals surface area (Å²) < 4.78 is 0. The molecule has 0 N–H and O–H groups in total. The fourth-order valence-corrected chi connectivity index (χ4v) is 1.71. The monoisotopic (exact) mass is 188 g/mol. The third-order valence-corrected chi connectivity index (χ3v) is 2.46. The highest BCUT2D eigenvalue weighted by molar-refractivity contribution is 6.20. The molecule has 0 aromatic carbocycles. The first-order valence-corrected chi connectivity index (χ1v) is 5.07. The Kier molecular flexibility index (Phi) is 3.73. The van der Waals surface area contributed by atoms with E-state index in [9.17, 15) is 0 Å². The van der Waals surface area contributed by atoms with Gasteiger partial charge in [-0.2, -0.15) is 0 Å². The SMILES string of the molecule is CCCN1C=CN(CCC)C1Cl. The van der Waals surface area contributed by atoms with Gasteiger partial charge in [0, 0.05) is 25.5 Å². The van der Waals surface area contributed by atoms with Gasteiger partial charge in [-0.1, -0.05) is 25.4 Å². The minimum Gasteiger partial charge on any atom is -0.344 e. The smallest absolute Gasteiger partial charge is 0.179 e. The number of halogens is 1. The average molecular weight is 189 g/mol. The van der Waals surface area contributed by atoms with E-state index in [-0.39, 0.29) is 5.62 Å². The highest BCUT2D eigenvalue weighted by Crippen LogP contribution is 2.19. The summed E-state index contributed by atoms with van der Waals surface area (Å²) >= 11 is 6.19. The predicted molar refractivity (Wildman–Crippen MR) is 52.8 cm³/mol. The highest BCUT2D eigenvalue weighted by Gasteiger charge is 2.21. The predicted octanol–water partition coefficient (Wildman–Crippen LogP) is 2.42. The molecule has 3 heteroatoms. The van der Waals surface area contributed by atoms with Gasteiger partial charge >= 0.3 is 0 Å². The van der Waals surface area contributed by atoms with Crippen molar-refractivity contribution in [1.29, 1.82) is 0 Å². The molecule has 0 saturated heterocycles. The molecule has 70 valence electrons. The number of rotatable bonds is 4. The third-order valence-electron chi connectivity index (χ3n) is 1.96. The maximum atomic E-state index is 6.19. The van der Waals surface area contributed by atoms with E-state index in [0.29, 0.717) is 0 Å². The highest BCUT2D eigenvalue weighted by atomic mass is 35.5. The summed E-state index contributed by atoms with van der Waals surface area (Å²) in [5, 5.41) is 0.